The summed E-state index contributed by atoms with van der Waals surface area (Å²) in [6.45, 7) is 10.4. The van der Waals surface area contributed by atoms with E-state index in [2.05, 4.69) is 38.4 Å². The van der Waals surface area contributed by atoms with Gasteiger partial charge in [-0.05, 0) is 27.2 Å². The first-order valence-corrected chi connectivity index (χ1v) is 8.93. The van der Waals surface area contributed by atoms with E-state index in [1.165, 1.54) is 6.33 Å². The molecule has 2 aromatic rings. The minimum atomic E-state index is -0.311. The molecule has 1 unspecified atom stereocenters. The molecule has 0 N–H and O–H groups in total. The van der Waals surface area contributed by atoms with Crippen molar-refractivity contribution in [3.8, 4) is 0 Å². The molecule has 8 heteroatoms. The van der Waals surface area contributed by atoms with Crippen LogP contribution in [0.1, 0.15) is 45.1 Å². The van der Waals surface area contributed by atoms with Gasteiger partial charge in [0.25, 0.3) is 0 Å². The molecule has 1 aliphatic rings. The van der Waals surface area contributed by atoms with Crippen molar-refractivity contribution in [1.82, 2.24) is 34.1 Å². The molecule has 2 aromatic heterocycles. The van der Waals surface area contributed by atoms with Gasteiger partial charge in [0.05, 0.1) is 6.54 Å². The van der Waals surface area contributed by atoms with E-state index in [1.807, 2.05) is 24.2 Å². The van der Waals surface area contributed by atoms with E-state index in [1.54, 1.807) is 11.0 Å². The van der Waals surface area contributed by atoms with E-state index >= 15 is 0 Å². The van der Waals surface area contributed by atoms with Gasteiger partial charge >= 0.3 is 0 Å². The van der Waals surface area contributed by atoms with Gasteiger partial charge in [-0.25, -0.2) is 14.6 Å². The van der Waals surface area contributed by atoms with Gasteiger partial charge in [-0.3, -0.25) is 9.69 Å². The van der Waals surface area contributed by atoms with Gasteiger partial charge in [0.15, 0.2) is 0 Å². The van der Waals surface area contributed by atoms with Gasteiger partial charge in [-0.2, -0.15) is 5.10 Å². The third-order valence-corrected chi connectivity index (χ3v) is 4.76. The van der Waals surface area contributed by atoms with Gasteiger partial charge in [-0.15, -0.1) is 0 Å². The Morgan fingerprint density at radius 3 is 2.76 bits per heavy atom. The Bertz CT molecular complexity index is 679. The number of hydrogen-bond donors (Lipinski definition) is 0. The first kappa shape index (κ1) is 17.6. The molecule has 8 nitrogen and oxygen atoms in total. The van der Waals surface area contributed by atoms with Gasteiger partial charge < -0.3 is 9.47 Å². The van der Waals surface area contributed by atoms with E-state index in [0.717, 1.165) is 45.0 Å². The number of amides is 1. The molecule has 1 saturated heterocycles. The molecule has 0 spiro atoms. The maximum atomic E-state index is 12.7. The fraction of sp³-hybridized carbons (Fsp3) is 0.647. The Balaban J connectivity index is 1.58. The zero-order valence-electron chi connectivity index (χ0n) is 15.2. The molecule has 1 atom stereocenters. The molecular formula is C17H27N7O. The predicted octanol–water partition coefficient (Wildman–Crippen LogP) is 1.35. The molecule has 136 valence electrons. The lowest BCUT2D eigenvalue weighted by atomic mass is 10.2. The third kappa shape index (κ3) is 4.07. The Morgan fingerprint density at radius 2 is 2.04 bits per heavy atom. The lowest BCUT2D eigenvalue weighted by molar-refractivity contribution is -0.134. The number of carbonyl (C=O) groups is 1. The van der Waals surface area contributed by atoms with Crippen LogP contribution in [0.25, 0.3) is 0 Å². The number of nitrogens with zero attached hydrogens (tertiary/aromatic N) is 7. The van der Waals surface area contributed by atoms with E-state index in [4.69, 9.17) is 0 Å². The third-order valence-electron chi connectivity index (χ3n) is 4.76. The van der Waals surface area contributed by atoms with Crippen LogP contribution in [0.15, 0.2) is 25.0 Å². The Kier molecular flexibility index (Phi) is 5.47. The molecule has 0 aliphatic carbocycles. The first-order chi connectivity index (χ1) is 12.1. The molecule has 0 bridgehead atoms. The highest BCUT2D eigenvalue weighted by atomic mass is 16.2. The van der Waals surface area contributed by atoms with Crippen molar-refractivity contribution in [3.05, 3.63) is 30.9 Å². The quantitative estimate of drug-likeness (QED) is 0.818. The minimum Gasteiger partial charge on any atom is -0.340 e. The highest BCUT2D eigenvalue weighted by Crippen LogP contribution is 2.14. The summed E-state index contributed by atoms with van der Waals surface area (Å²) in [7, 11) is 0. The molecule has 1 aliphatic heterocycles. The van der Waals surface area contributed by atoms with Crippen molar-refractivity contribution >= 4 is 5.91 Å². The van der Waals surface area contributed by atoms with Crippen LogP contribution in [0.5, 0.6) is 0 Å². The summed E-state index contributed by atoms with van der Waals surface area (Å²) in [5.74, 6) is 1.20. The van der Waals surface area contributed by atoms with Crippen molar-refractivity contribution in [2.24, 2.45) is 0 Å². The minimum absolute atomic E-state index is 0.107. The van der Waals surface area contributed by atoms with Crippen LogP contribution in [0, 0.1) is 0 Å². The number of aromatic nitrogens is 5. The van der Waals surface area contributed by atoms with Crippen LogP contribution < -0.4 is 0 Å². The zero-order valence-corrected chi connectivity index (χ0v) is 15.2. The topological polar surface area (TPSA) is 72.1 Å². The largest absolute Gasteiger partial charge is 0.340 e. The first-order valence-electron chi connectivity index (χ1n) is 8.93. The monoisotopic (exact) mass is 345 g/mol. The van der Waals surface area contributed by atoms with E-state index in [-0.39, 0.29) is 11.9 Å². The SMILES string of the molecule is CC(C(=O)N1CCCN(Cc2nccn2C(C)C)CC1)n1cncn1. The summed E-state index contributed by atoms with van der Waals surface area (Å²) in [4.78, 5) is 25.5. The molecule has 25 heavy (non-hydrogen) atoms. The fourth-order valence-corrected chi connectivity index (χ4v) is 3.28. The molecule has 3 heterocycles. The van der Waals surface area contributed by atoms with Crippen molar-refractivity contribution in [2.75, 3.05) is 26.2 Å². The highest BCUT2D eigenvalue weighted by Gasteiger charge is 2.25. The van der Waals surface area contributed by atoms with Crippen molar-refractivity contribution in [1.29, 1.82) is 0 Å². The Labute approximate surface area is 148 Å². The molecule has 3 rings (SSSR count). The highest BCUT2D eigenvalue weighted by molar-refractivity contribution is 5.80. The summed E-state index contributed by atoms with van der Waals surface area (Å²) in [5, 5.41) is 4.08. The van der Waals surface area contributed by atoms with Crippen LogP contribution in [-0.4, -0.2) is 66.2 Å². The molecule has 1 fully saturated rings. The van der Waals surface area contributed by atoms with Gasteiger partial charge in [-0.1, -0.05) is 0 Å². The second-order valence-corrected chi connectivity index (χ2v) is 6.85. The molecule has 0 saturated carbocycles. The molecule has 0 radical (unpaired) electrons. The number of hydrogen-bond acceptors (Lipinski definition) is 5. The summed E-state index contributed by atoms with van der Waals surface area (Å²) in [6, 6.07) is 0.0972. The summed E-state index contributed by atoms with van der Waals surface area (Å²) in [5.41, 5.74) is 0. The standard InChI is InChI=1S/C17H27N7O/c1-14(2)23-8-5-19-16(23)11-21-6-4-7-22(10-9-21)17(25)15(3)24-13-18-12-20-24/h5,8,12-15H,4,6-7,9-11H2,1-3H3. The Hall–Kier alpha value is -2.22. The number of imidazole rings is 1. The van der Waals surface area contributed by atoms with Crippen molar-refractivity contribution in [3.63, 3.8) is 0 Å². The maximum absolute atomic E-state index is 12.7. The fourth-order valence-electron chi connectivity index (χ4n) is 3.28. The average Bonchev–Trinajstić information content (AvgIpc) is 3.23. The van der Waals surface area contributed by atoms with Crippen LogP contribution >= 0.6 is 0 Å². The number of carbonyl (C=O) groups excluding carboxylic acids is 1. The van der Waals surface area contributed by atoms with E-state index in [0.29, 0.717) is 6.04 Å². The second kappa shape index (κ2) is 7.77. The van der Waals surface area contributed by atoms with Gasteiger partial charge in [0.1, 0.15) is 24.5 Å². The molecular weight excluding hydrogens is 318 g/mol. The number of rotatable bonds is 5. The van der Waals surface area contributed by atoms with Crippen LogP contribution in [0.2, 0.25) is 0 Å². The Morgan fingerprint density at radius 1 is 1.20 bits per heavy atom. The lowest BCUT2D eigenvalue weighted by Gasteiger charge is -2.25. The normalized spacial score (nSPS) is 17.7. The summed E-state index contributed by atoms with van der Waals surface area (Å²) >= 11 is 0. The summed E-state index contributed by atoms with van der Waals surface area (Å²) in [6.07, 6.45) is 7.93. The zero-order chi connectivity index (χ0) is 17.8. The van der Waals surface area contributed by atoms with Crippen LogP contribution in [0.4, 0.5) is 0 Å². The van der Waals surface area contributed by atoms with Crippen molar-refractivity contribution < 1.29 is 4.79 Å². The smallest absolute Gasteiger partial charge is 0.247 e. The average molecular weight is 345 g/mol. The lowest BCUT2D eigenvalue weighted by Crippen LogP contribution is -2.39. The maximum Gasteiger partial charge on any atom is 0.247 e. The van der Waals surface area contributed by atoms with Crippen LogP contribution in [0.3, 0.4) is 0 Å². The van der Waals surface area contributed by atoms with Crippen molar-refractivity contribution in [2.45, 2.75) is 45.8 Å². The van der Waals surface area contributed by atoms with Crippen LogP contribution in [-0.2, 0) is 11.3 Å². The molecule has 1 amide bonds. The van der Waals surface area contributed by atoms with E-state index in [9.17, 15) is 4.79 Å². The van der Waals surface area contributed by atoms with E-state index < -0.39 is 0 Å². The second-order valence-electron chi connectivity index (χ2n) is 6.85. The van der Waals surface area contributed by atoms with Gasteiger partial charge in [0, 0.05) is 44.6 Å². The van der Waals surface area contributed by atoms with Gasteiger partial charge in [0.2, 0.25) is 5.91 Å². The summed E-state index contributed by atoms with van der Waals surface area (Å²) < 4.78 is 3.82. The molecule has 0 aromatic carbocycles. The predicted molar refractivity (Wildman–Crippen MR) is 93.8 cm³/mol.